The third kappa shape index (κ3) is 2.36. The van der Waals surface area contributed by atoms with Crippen LogP contribution in [0.1, 0.15) is 5.56 Å². The molecular weight excluding hydrogens is 268 g/mol. The summed E-state index contributed by atoms with van der Waals surface area (Å²) in [4.78, 5) is 0. The molecule has 16 heavy (non-hydrogen) atoms. The molecule has 0 saturated carbocycles. The Hall–Kier alpha value is -1.48. The van der Waals surface area contributed by atoms with Crippen LogP contribution >= 0.6 is 15.9 Å². The lowest BCUT2D eigenvalue weighted by Crippen LogP contribution is -1.85. The number of phenols is 1. The molecule has 0 aliphatic rings. The molecule has 82 valence electrons. The van der Waals surface area contributed by atoms with Crippen molar-refractivity contribution in [3.8, 4) is 17.2 Å². The molecule has 2 aromatic rings. The van der Waals surface area contributed by atoms with Gasteiger partial charge in [0, 0.05) is 4.47 Å². The van der Waals surface area contributed by atoms with E-state index in [1.165, 1.54) is 0 Å². The summed E-state index contributed by atoms with van der Waals surface area (Å²) in [7, 11) is 0. The minimum absolute atomic E-state index is 0.138. The molecule has 0 bridgehead atoms. The molecule has 2 nitrogen and oxygen atoms in total. The van der Waals surface area contributed by atoms with Crippen molar-refractivity contribution in [2.45, 2.75) is 6.92 Å². The highest BCUT2D eigenvalue weighted by molar-refractivity contribution is 9.10. The highest BCUT2D eigenvalue weighted by Gasteiger charge is 2.03. The lowest BCUT2D eigenvalue weighted by atomic mass is 10.2. The average Bonchev–Trinajstić information content (AvgIpc) is 2.27. The molecule has 0 fully saturated rings. The van der Waals surface area contributed by atoms with E-state index in [0.29, 0.717) is 11.5 Å². The third-order valence-electron chi connectivity index (χ3n) is 2.24. The van der Waals surface area contributed by atoms with Crippen LogP contribution in [-0.2, 0) is 0 Å². The molecule has 0 aromatic heterocycles. The Morgan fingerprint density at radius 3 is 2.56 bits per heavy atom. The van der Waals surface area contributed by atoms with Gasteiger partial charge in [-0.3, -0.25) is 0 Å². The first kappa shape index (κ1) is 11.0. The Kier molecular flexibility index (Phi) is 3.15. The molecule has 0 heterocycles. The SMILES string of the molecule is Cc1ccc(Oc2ccccc2O)cc1Br. The number of ether oxygens (including phenoxy) is 1. The number of para-hydroxylation sites is 2. The summed E-state index contributed by atoms with van der Waals surface area (Å²) in [5.41, 5.74) is 1.14. The number of rotatable bonds is 2. The van der Waals surface area contributed by atoms with Gasteiger partial charge in [-0.1, -0.05) is 34.1 Å². The fourth-order valence-corrected chi connectivity index (χ4v) is 1.67. The largest absolute Gasteiger partial charge is 0.504 e. The van der Waals surface area contributed by atoms with Crippen molar-refractivity contribution in [1.82, 2.24) is 0 Å². The maximum Gasteiger partial charge on any atom is 0.169 e. The van der Waals surface area contributed by atoms with E-state index in [0.717, 1.165) is 10.0 Å². The van der Waals surface area contributed by atoms with Gasteiger partial charge >= 0.3 is 0 Å². The summed E-state index contributed by atoms with van der Waals surface area (Å²) in [5.74, 6) is 1.29. The van der Waals surface area contributed by atoms with Gasteiger partial charge in [0.2, 0.25) is 0 Å². The van der Waals surface area contributed by atoms with Gasteiger partial charge in [0.05, 0.1) is 0 Å². The Morgan fingerprint density at radius 2 is 1.88 bits per heavy atom. The first-order valence-corrected chi connectivity index (χ1v) is 5.68. The van der Waals surface area contributed by atoms with E-state index in [1.54, 1.807) is 18.2 Å². The summed E-state index contributed by atoms with van der Waals surface area (Å²) < 4.78 is 6.55. The summed E-state index contributed by atoms with van der Waals surface area (Å²) >= 11 is 3.44. The number of hydrogen-bond acceptors (Lipinski definition) is 2. The fraction of sp³-hybridized carbons (Fsp3) is 0.0769. The van der Waals surface area contributed by atoms with Crippen LogP contribution in [0.5, 0.6) is 17.2 Å². The number of halogens is 1. The monoisotopic (exact) mass is 278 g/mol. The van der Waals surface area contributed by atoms with E-state index in [4.69, 9.17) is 4.74 Å². The van der Waals surface area contributed by atoms with Crippen molar-refractivity contribution in [2.75, 3.05) is 0 Å². The fourth-order valence-electron chi connectivity index (χ4n) is 1.31. The molecule has 0 atom stereocenters. The van der Waals surface area contributed by atoms with Crippen molar-refractivity contribution in [3.63, 3.8) is 0 Å². The number of benzene rings is 2. The molecule has 0 saturated heterocycles. The second-order valence-electron chi connectivity index (χ2n) is 3.48. The van der Waals surface area contributed by atoms with Crippen LogP contribution in [0.4, 0.5) is 0 Å². The lowest BCUT2D eigenvalue weighted by Gasteiger charge is -2.08. The first-order valence-electron chi connectivity index (χ1n) is 4.89. The summed E-state index contributed by atoms with van der Waals surface area (Å²) in [5, 5.41) is 9.56. The molecule has 0 unspecified atom stereocenters. The topological polar surface area (TPSA) is 29.5 Å². The van der Waals surface area contributed by atoms with Gasteiger partial charge in [-0.2, -0.15) is 0 Å². The van der Waals surface area contributed by atoms with E-state index in [9.17, 15) is 5.11 Å². The Bertz CT molecular complexity index is 509. The van der Waals surface area contributed by atoms with Gasteiger partial charge in [0.25, 0.3) is 0 Å². The van der Waals surface area contributed by atoms with Gasteiger partial charge < -0.3 is 9.84 Å². The Labute approximate surface area is 103 Å². The van der Waals surface area contributed by atoms with Crippen LogP contribution in [0.25, 0.3) is 0 Å². The molecule has 0 spiro atoms. The maximum absolute atomic E-state index is 9.56. The summed E-state index contributed by atoms with van der Waals surface area (Å²) in [6.45, 7) is 2.01. The van der Waals surface area contributed by atoms with E-state index in [-0.39, 0.29) is 5.75 Å². The molecule has 0 amide bonds. The maximum atomic E-state index is 9.56. The van der Waals surface area contributed by atoms with Gasteiger partial charge in [-0.05, 0) is 36.8 Å². The average molecular weight is 279 g/mol. The number of aromatic hydroxyl groups is 1. The molecule has 3 heteroatoms. The third-order valence-corrected chi connectivity index (χ3v) is 3.09. The number of phenolic OH excluding ortho intramolecular Hbond substituents is 1. The zero-order valence-electron chi connectivity index (χ0n) is 8.77. The minimum Gasteiger partial charge on any atom is -0.504 e. The van der Waals surface area contributed by atoms with E-state index in [2.05, 4.69) is 15.9 Å². The minimum atomic E-state index is 0.138. The summed E-state index contributed by atoms with van der Waals surface area (Å²) in [6.07, 6.45) is 0. The zero-order valence-corrected chi connectivity index (χ0v) is 10.4. The second-order valence-corrected chi connectivity index (χ2v) is 4.34. The number of aryl methyl sites for hydroxylation is 1. The van der Waals surface area contributed by atoms with Crippen LogP contribution in [0.2, 0.25) is 0 Å². The predicted molar refractivity (Wildman–Crippen MR) is 67.1 cm³/mol. The van der Waals surface area contributed by atoms with Gasteiger partial charge in [0.15, 0.2) is 11.5 Å². The highest BCUT2D eigenvalue weighted by Crippen LogP contribution is 2.31. The van der Waals surface area contributed by atoms with Crippen LogP contribution in [-0.4, -0.2) is 5.11 Å². The van der Waals surface area contributed by atoms with Crippen molar-refractivity contribution in [3.05, 3.63) is 52.5 Å². The predicted octanol–water partition coefficient (Wildman–Crippen LogP) is 4.26. The van der Waals surface area contributed by atoms with Gasteiger partial charge in [-0.25, -0.2) is 0 Å². The number of hydrogen-bond donors (Lipinski definition) is 1. The molecular formula is C13H11BrO2. The molecule has 0 aliphatic carbocycles. The molecule has 0 radical (unpaired) electrons. The van der Waals surface area contributed by atoms with Crippen LogP contribution in [0, 0.1) is 6.92 Å². The van der Waals surface area contributed by atoms with E-state index < -0.39 is 0 Å². The Morgan fingerprint density at radius 1 is 1.12 bits per heavy atom. The highest BCUT2D eigenvalue weighted by atomic mass is 79.9. The quantitative estimate of drug-likeness (QED) is 0.890. The molecule has 1 N–H and O–H groups in total. The molecule has 2 rings (SSSR count). The van der Waals surface area contributed by atoms with E-state index >= 15 is 0 Å². The van der Waals surface area contributed by atoms with Crippen molar-refractivity contribution >= 4 is 15.9 Å². The summed E-state index contributed by atoms with van der Waals surface area (Å²) in [6, 6.07) is 12.6. The van der Waals surface area contributed by atoms with Crippen LogP contribution in [0.15, 0.2) is 46.9 Å². The van der Waals surface area contributed by atoms with Crippen LogP contribution < -0.4 is 4.74 Å². The Balaban J connectivity index is 2.28. The molecule has 0 aliphatic heterocycles. The van der Waals surface area contributed by atoms with Crippen molar-refractivity contribution in [1.29, 1.82) is 0 Å². The standard InChI is InChI=1S/C13H11BrO2/c1-9-6-7-10(8-11(9)14)16-13-5-3-2-4-12(13)15/h2-8,15H,1H3. The van der Waals surface area contributed by atoms with Gasteiger partial charge in [-0.15, -0.1) is 0 Å². The zero-order chi connectivity index (χ0) is 11.5. The smallest absolute Gasteiger partial charge is 0.169 e. The van der Waals surface area contributed by atoms with Crippen molar-refractivity contribution in [2.24, 2.45) is 0 Å². The lowest BCUT2D eigenvalue weighted by molar-refractivity contribution is 0.411. The van der Waals surface area contributed by atoms with E-state index in [1.807, 2.05) is 31.2 Å². The van der Waals surface area contributed by atoms with Crippen LogP contribution in [0.3, 0.4) is 0 Å². The molecule has 2 aromatic carbocycles. The second kappa shape index (κ2) is 4.58. The normalized spacial score (nSPS) is 10.1. The van der Waals surface area contributed by atoms with Gasteiger partial charge in [0.1, 0.15) is 5.75 Å². The first-order chi connectivity index (χ1) is 7.66. The van der Waals surface area contributed by atoms with Crippen molar-refractivity contribution < 1.29 is 9.84 Å².